The highest BCUT2D eigenvalue weighted by atomic mass is 32.1. The third kappa shape index (κ3) is 3.82. The van der Waals surface area contributed by atoms with Gasteiger partial charge in [-0.2, -0.15) is 0 Å². The summed E-state index contributed by atoms with van der Waals surface area (Å²) in [5, 5.41) is 3.20. The number of esters is 1. The number of amides is 1. The molecule has 0 atom stereocenters. The molecule has 3 N–H and O–H groups in total. The monoisotopic (exact) mass is 439 g/mol. The maximum absolute atomic E-state index is 14.1. The van der Waals surface area contributed by atoms with Crippen molar-refractivity contribution in [1.29, 1.82) is 0 Å². The number of para-hydroxylation sites is 1. The molecular weight excluding hydrogens is 424 g/mol. The van der Waals surface area contributed by atoms with Gasteiger partial charge in [0.05, 0.1) is 29.7 Å². The Morgan fingerprint density at radius 3 is 2.61 bits per heavy atom. The number of pyridine rings is 1. The van der Waals surface area contributed by atoms with Gasteiger partial charge in [-0.25, -0.2) is 18.6 Å². The van der Waals surface area contributed by atoms with Gasteiger partial charge >= 0.3 is 5.97 Å². The Bertz CT molecular complexity index is 1340. The molecule has 0 bridgehead atoms. The van der Waals surface area contributed by atoms with Crippen LogP contribution in [-0.2, 0) is 4.74 Å². The van der Waals surface area contributed by atoms with E-state index < -0.39 is 23.5 Å². The van der Waals surface area contributed by atoms with Gasteiger partial charge in [0.2, 0.25) is 0 Å². The van der Waals surface area contributed by atoms with Crippen molar-refractivity contribution in [3.05, 3.63) is 76.7 Å². The van der Waals surface area contributed by atoms with Crippen LogP contribution in [0.25, 0.3) is 21.5 Å². The first-order valence-electron chi connectivity index (χ1n) is 9.02. The molecular formula is C22H15F2N3O3S. The van der Waals surface area contributed by atoms with Crippen molar-refractivity contribution in [2.45, 2.75) is 0 Å². The number of nitrogens with two attached hydrogens (primary N) is 1. The number of fused-ring (bicyclic) bond motifs is 1. The van der Waals surface area contributed by atoms with E-state index in [9.17, 15) is 18.4 Å². The van der Waals surface area contributed by atoms with Crippen molar-refractivity contribution in [3.8, 4) is 11.3 Å². The van der Waals surface area contributed by atoms with Crippen LogP contribution in [0.3, 0.4) is 0 Å². The number of nitrogens with zero attached hydrogens (tertiary/aromatic N) is 1. The molecule has 1 amide bonds. The Morgan fingerprint density at radius 1 is 1.10 bits per heavy atom. The largest absolute Gasteiger partial charge is 0.465 e. The summed E-state index contributed by atoms with van der Waals surface area (Å²) >= 11 is 1.03. The third-order valence-corrected chi connectivity index (χ3v) is 5.70. The van der Waals surface area contributed by atoms with E-state index in [1.165, 1.54) is 19.2 Å². The van der Waals surface area contributed by atoms with Crippen molar-refractivity contribution < 1.29 is 23.1 Å². The number of hydrogen-bond donors (Lipinski definition) is 2. The van der Waals surface area contributed by atoms with Gasteiger partial charge in [0.1, 0.15) is 21.3 Å². The van der Waals surface area contributed by atoms with Crippen molar-refractivity contribution in [2.75, 3.05) is 18.2 Å². The summed E-state index contributed by atoms with van der Waals surface area (Å²) in [5.74, 6) is -2.54. The molecule has 0 aliphatic carbocycles. The molecule has 0 fully saturated rings. The van der Waals surface area contributed by atoms with Crippen LogP contribution in [-0.4, -0.2) is 24.0 Å². The van der Waals surface area contributed by atoms with Crippen LogP contribution in [0.15, 0.2) is 54.6 Å². The molecule has 2 heterocycles. The van der Waals surface area contributed by atoms with Crippen LogP contribution in [0, 0.1) is 11.6 Å². The summed E-state index contributed by atoms with van der Waals surface area (Å²) < 4.78 is 32.0. The van der Waals surface area contributed by atoms with E-state index in [2.05, 4.69) is 10.3 Å². The second-order valence-corrected chi connectivity index (χ2v) is 7.51. The number of hydrogen-bond acceptors (Lipinski definition) is 6. The normalized spacial score (nSPS) is 10.8. The Morgan fingerprint density at radius 2 is 1.87 bits per heavy atom. The number of halogens is 2. The number of aromatic nitrogens is 1. The second kappa shape index (κ2) is 8.11. The van der Waals surface area contributed by atoms with Gasteiger partial charge in [-0.15, -0.1) is 11.3 Å². The quantitative estimate of drug-likeness (QED) is 0.443. The SMILES string of the molecule is COC(=O)c1ccccc1NC(=O)c1sc2nc(-c3ccc(F)cc3F)ccc2c1N. The van der Waals surface area contributed by atoms with Gasteiger partial charge < -0.3 is 15.8 Å². The van der Waals surface area contributed by atoms with Gasteiger partial charge in [-0.05, 0) is 36.4 Å². The molecule has 4 rings (SSSR count). The number of carbonyl (C=O) groups is 2. The number of benzene rings is 2. The fraction of sp³-hybridized carbons (Fsp3) is 0.0455. The lowest BCUT2D eigenvalue weighted by molar-refractivity contribution is 0.0602. The molecule has 4 aromatic rings. The first-order chi connectivity index (χ1) is 14.9. The highest BCUT2D eigenvalue weighted by Crippen LogP contribution is 2.35. The summed E-state index contributed by atoms with van der Waals surface area (Å²) in [5.41, 5.74) is 7.26. The summed E-state index contributed by atoms with van der Waals surface area (Å²) in [6, 6.07) is 12.8. The maximum atomic E-state index is 14.1. The molecule has 0 aliphatic heterocycles. The summed E-state index contributed by atoms with van der Waals surface area (Å²) in [4.78, 5) is 29.8. The van der Waals surface area contributed by atoms with Gasteiger partial charge in [0.15, 0.2) is 0 Å². The van der Waals surface area contributed by atoms with E-state index in [0.717, 1.165) is 23.5 Å². The smallest absolute Gasteiger partial charge is 0.339 e. The fourth-order valence-electron chi connectivity index (χ4n) is 3.07. The zero-order valence-corrected chi connectivity index (χ0v) is 16.9. The molecule has 2 aromatic carbocycles. The lowest BCUT2D eigenvalue weighted by Crippen LogP contribution is -2.15. The van der Waals surface area contributed by atoms with Crippen LogP contribution in [0.2, 0.25) is 0 Å². The molecule has 6 nitrogen and oxygen atoms in total. The summed E-state index contributed by atoms with van der Waals surface area (Å²) in [7, 11) is 1.25. The number of methoxy groups -OCH3 is 1. The van der Waals surface area contributed by atoms with E-state index in [1.807, 2.05) is 0 Å². The van der Waals surface area contributed by atoms with Crippen LogP contribution in [0.4, 0.5) is 20.2 Å². The number of carbonyl (C=O) groups excluding carboxylic acids is 2. The number of nitrogen functional groups attached to an aromatic ring is 1. The van der Waals surface area contributed by atoms with Crippen LogP contribution >= 0.6 is 11.3 Å². The highest BCUT2D eigenvalue weighted by molar-refractivity contribution is 7.21. The number of anilines is 2. The molecule has 9 heteroatoms. The standard InChI is InChI=1S/C22H15F2N3O3S/c1-30-22(29)13-4-2-3-5-16(13)26-20(28)19-18(25)14-8-9-17(27-21(14)31-19)12-7-6-11(23)10-15(12)24/h2-10H,25H2,1H3,(H,26,28). The van der Waals surface area contributed by atoms with Crippen LogP contribution in [0.5, 0.6) is 0 Å². The lowest BCUT2D eigenvalue weighted by atomic mass is 10.1. The Kier molecular flexibility index (Phi) is 5.35. The summed E-state index contributed by atoms with van der Waals surface area (Å²) in [6.45, 7) is 0. The third-order valence-electron chi connectivity index (χ3n) is 4.59. The molecule has 0 radical (unpaired) electrons. The number of ether oxygens (including phenoxy) is 1. The van der Waals surface area contributed by atoms with Crippen LogP contribution < -0.4 is 11.1 Å². The van der Waals surface area contributed by atoms with Gasteiger partial charge in [0.25, 0.3) is 5.91 Å². The minimum absolute atomic E-state index is 0.133. The molecule has 0 saturated carbocycles. The van der Waals surface area contributed by atoms with Gasteiger partial charge in [0, 0.05) is 17.0 Å². The highest BCUT2D eigenvalue weighted by Gasteiger charge is 2.20. The van der Waals surface area contributed by atoms with Crippen molar-refractivity contribution in [1.82, 2.24) is 4.98 Å². The van der Waals surface area contributed by atoms with Crippen molar-refractivity contribution >= 4 is 44.8 Å². The molecule has 156 valence electrons. The first kappa shape index (κ1) is 20.4. The minimum atomic E-state index is -0.742. The Balaban J connectivity index is 1.70. The predicted octanol–water partition coefficient (Wildman–Crippen LogP) is 4.86. The van der Waals surface area contributed by atoms with E-state index in [-0.39, 0.29) is 33.1 Å². The van der Waals surface area contributed by atoms with Crippen molar-refractivity contribution in [2.24, 2.45) is 0 Å². The molecule has 2 aromatic heterocycles. The van der Waals surface area contributed by atoms with E-state index >= 15 is 0 Å². The van der Waals surface area contributed by atoms with Gasteiger partial charge in [-0.1, -0.05) is 12.1 Å². The lowest BCUT2D eigenvalue weighted by Gasteiger charge is -2.09. The number of rotatable bonds is 4. The average molecular weight is 439 g/mol. The Hall–Kier alpha value is -3.85. The number of thiophene rings is 1. The van der Waals surface area contributed by atoms with E-state index in [1.54, 1.807) is 30.3 Å². The summed E-state index contributed by atoms with van der Waals surface area (Å²) in [6.07, 6.45) is 0. The number of nitrogens with one attached hydrogen (secondary N) is 1. The van der Waals surface area contributed by atoms with Crippen molar-refractivity contribution in [3.63, 3.8) is 0 Å². The second-order valence-electron chi connectivity index (χ2n) is 6.51. The maximum Gasteiger partial charge on any atom is 0.339 e. The predicted molar refractivity (Wildman–Crippen MR) is 115 cm³/mol. The molecule has 0 spiro atoms. The van der Waals surface area contributed by atoms with E-state index in [4.69, 9.17) is 10.5 Å². The topological polar surface area (TPSA) is 94.3 Å². The van der Waals surface area contributed by atoms with Crippen LogP contribution in [0.1, 0.15) is 20.0 Å². The Labute approximate surface area is 179 Å². The minimum Gasteiger partial charge on any atom is -0.465 e. The average Bonchev–Trinajstić information content (AvgIpc) is 3.09. The first-order valence-corrected chi connectivity index (χ1v) is 9.84. The zero-order valence-electron chi connectivity index (χ0n) is 16.1. The molecule has 0 saturated heterocycles. The molecule has 31 heavy (non-hydrogen) atoms. The fourth-order valence-corrected chi connectivity index (χ4v) is 4.06. The zero-order chi connectivity index (χ0) is 22.1. The van der Waals surface area contributed by atoms with E-state index in [0.29, 0.717) is 10.2 Å². The molecule has 0 unspecified atom stereocenters. The molecule has 0 aliphatic rings. The van der Waals surface area contributed by atoms with Gasteiger partial charge in [-0.3, -0.25) is 4.79 Å².